The van der Waals surface area contributed by atoms with Crippen LogP contribution in [0.5, 0.6) is 5.75 Å². The third kappa shape index (κ3) is 8.59. The summed E-state index contributed by atoms with van der Waals surface area (Å²) in [6.07, 6.45) is 3.18. The number of ether oxygens (including phenoxy) is 3. The zero-order valence-electron chi connectivity index (χ0n) is 18.5. The Bertz CT molecular complexity index is 777. The molecule has 3 rings (SSSR count). The Morgan fingerprint density at radius 3 is 2.61 bits per heavy atom. The lowest BCUT2D eigenvalue weighted by Crippen LogP contribution is -2.37. The van der Waals surface area contributed by atoms with E-state index >= 15 is 0 Å². The fraction of sp³-hybridized carbons (Fsp3) is 0.480. The van der Waals surface area contributed by atoms with Gasteiger partial charge in [0.25, 0.3) is 0 Å². The van der Waals surface area contributed by atoms with Crippen LogP contribution in [-0.2, 0) is 22.6 Å². The molecule has 1 saturated heterocycles. The lowest BCUT2D eigenvalue weighted by atomic mass is 10.0. The van der Waals surface area contributed by atoms with E-state index < -0.39 is 0 Å². The summed E-state index contributed by atoms with van der Waals surface area (Å²) < 4.78 is 17.3. The van der Waals surface area contributed by atoms with Crippen LogP contribution in [0.2, 0.25) is 0 Å². The van der Waals surface area contributed by atoms with Crippen molar-refractivity contribution in [1.29, 1.82) is 0 Å². The maximum absolute atomic E-state index is 6.04. The Hall–Kier alpha value is -2.57. The van der Waals surface area contributed by atoms with Crippen molar-refractivity contribution >= 4 is 5.96 Å². The highest BCUT2D eigenvalue weighted by atomic mass is 16.5. The summed E-state index contributed by atoms with van der Waals surface area (Å²) in [5, 5.41) is 6.72. The molecule has 168 valence electrons. The summed E-state index contributed by atoms with van der Waals surface area (Å²) in [6.45, 7) is 5.37. The summed E-state index contributed by atoms with van der Waals surface area (Å²) in [6, 6.07) is 18.3. The van der Waals surface area contributed by atoms with Crippen LogP contribution >= 0.6 is 0 Å². The predicted octanol–water partition coefficient (Wildman–Crippen LogP) is 3.76. The second kappa shape index (κ2) is 13.7. The molecule has 0 bridgehead atoms. The molecule has 0 aromatic heterocycles. The normalized spacial score (nSPS) is 14.9. The van der Waals surface area contributed by atoms with Gasteiger partial charge in [0.2, 0.25) is 0 Å². The van der Waals surface area contributed by atoms with Gasteiger partial charge in [-0.15, -0.1) is 0 Å². The minimum atomic E-state index is 0.554. The van der Waals surface area contributed by atoms with Crippen LogP contribution in [0.1, 0.15) is 30.4 Å². The minimum absolute atomic E-state index is 0.554. The largest absolute Gasteiger partial charge is 0.489 e. The Morgan fingerprint density at radius 2 is 1.81 bits per heavy atom. The standard InChI is InChI=1S/C25H35N3O3/c1-26-25(27-14-7-15-30-19-22-12-16-29-17-13-22)28-18-23-10-5-6-11-24(23)31-20-21-8-3-2-4-9-21/h2-6,8-11,22H,7,12-20H2,1H3,(H2,26,27,28). The van der Waals surface area contributed by atoms with Gasteiger partial charge < -0.3 is 24.8 Å². The summed E-state index contributed by atoms with van der Waals surface area (Å²) in [5.41, 5.74) is 2.25. The van der Waals surface area contributed by atoms with Crippen molar-refractivity contribution in [3.05, 3.63) is 65.7 Å². The topological polar surface area (TPSA) is 64.1 Å². The van der Waals surface area contributed by atoms with Crippen molar-refractivity contribution in [3.8, 4) is 5.75 Å². The first-order valence-corrected chi connectivity index (χ1v) is 11.2. The first-order valence-electron chi connectivity index (χ1n) is 11.2. The van der Waals surface area contributed by atoms with E-state index in [1.807, 2.05) is 36.4 Å². The zero-order chi connectivity index (χ0) is 21.6. The fourth-order valence-electron chi connectivity index (χ4n) is 3.47. The van der Waals surface area contributed by atoms with Gasteiger partial charge in [0.1, 0.15) is 12.4 Å². The molecule has 0 aliphatic carbocycles. The first kappa shape index (κ1) is 23.1. The molecule has 1 aliphatic heterocycles. The number of nitrogens with one attached hydrogen (secondary N) is 2. The number of aliphatic imine (C=N–C) groups is 1. The van der Waals surface area contributed by atoms with E-state index in [0.29, 0.717) is 19.1 Å². The third-order valence-corrected chi connectivity index (χ3v) is 5.33. The summed E-state index contributed by atoms with van der Waals surface area (Å²) >= 11 is 0. The molecule has 0 amide bonds. The predicted molar refractivity (Wildman–Crippen MR) is 124 cm³/mol. The monoisotopic (exact) mass is 425 g/mol. The molecule has 0 unspecified atom stereocenters. The molecule has 6 heteroatoms. The highest BCUT2D eigenvalue weighted by molar-refractivity contribution is 5.79. The summed E-state index contributed by atoms with van der Waals surface area (Å²) in [4.78, 5) is 4.32. The molecule has 0 radical (unpaired) electrons. The molecule has 1 heterocycles. The van der Waals surface area contributed by atoms with Crippen molar-refractivity contribution in [3.63, 3.8) is 0 Å². The summed E-state index contributed by atoms with van der Waals surface area (Å²) in [7, 11) is 1.79. The molecule has 1 fully saturated rings. The number of hydrogen-bond donors (Lipinski definition) is 2. The second-order valence-electron chi connectivity index (χ2n) is 7.72. The van der Waals surface area contributed by atoms with Crippen LogP contribution in [0.25, 0.3) is 0 Å². The SMILES string of the molecule is CN=C(NCCCOCC1CCOCC1)NCc1ccccc1OCc1ccccc1. The average molecular weight is 426 g/mol. The van der Waals surface area contributed by atoms with Crippen molar-refractivity contribution < 1.29 is 14.2 Å². The fourth-order valence-corrected chi connectivity index (χ4v) is 3.47. The van der Waals surface area contributed by atoms with Gasteiger partial charge in [0, 0.05) is 52.1 Å². The van der Waals surface area contributed by atoms with Crippen LogP contribution in [0.4, 0.5) is 0 Å². The van der Waals surface area contributed by atoms with E-state index in [4.69, 9.17) is 14.2 Å². The van der Waals surface area contributed by atoms with Gasteiger partial charge in [-0.1, -0.05) is 48.5 Å². The maximum Gasteiger partial charge on any atom is 0.191 e. The molecule has 31 heavy (non-hydrogen) atoms. The zero-order valence-corrected chi connectivity index (χ0v) is 18.5. The van der Waals surface area contributed by atoms with Crippen LogP contribution in [0.15, 0.2) is 59.6 Å². The quantitative estimate of drug-likeness (QED) is 0.326. The van der Waals surface area contributed by atoms with E-state index in [1.54, 1.807) is 7.05 Å². The first-order chi connectivity index (χ1) is 15.3. The Labute approximate surface area is 186 Å². The van der Waals surface area contributed by atoms with Gasteiger partial charge in [-0.3, -0.25) is 4.99 Å². The molecule has 2 aromatic carbocycles. The highest BCUT2D eigenvalue weighted by Gasteiger charge is 2.13. The van der Waals surface area contributed by atoms with Gasteiger partial charge in [0.15, 0.2) is 5.96 Å². The smallest absolute Gasteiger partial charge is 0.191 e. The van der Waals surface area contributed by atoms with Gasteiger partial charge in [-0.25, -0.2) is 0 Å². The number of para-hydroxylation sites is 1. The number of hydrogen-bond acceptors (Lipinski definition) is 4. The lowest BCUT2D eigenvalue weighted by molar-refractivity contribution is 0.0203. The van der Waals surface area contributed by atoms with Gasteiger partial charge in [-0.2, -0.15) is 0 Å². The van der Waals surface area contributed by atoms with Crippen molar-refractivity contribution in [2.24, 2.45) is 10.9 Å². The molecule has 2 N–H and O–H groups in total. The maximum atomic E-state index is 6.04. The van der Waals surface area contributed by atoms with E-state index in [2.05, 4.69) is 33.8 Å². The summed E-state index contributed by atoms with van der Waals surface area (Å²) in [5.74, 6) is 2.32. The average Bonchev–Trinajstić information content (AvgIpc) is 2.83. The number of rotatable bonds is 11. The van der Waals surface area contributed by atoms with Crippen molar-refractivity contribution in [2.75, 3.05) is 40.0 Å². The van der Waals surface area contributed by atoms with Crippen LogP contribution in [0.3, 0.4) is 0 Å². The van der Waals surface area contributed by atoms with E-state index in [1.165, 1.54) is 0 Å². The molecule has 6 nitrogen and oxygen atoms in total. The van der Waals surface area contributed by atoms with Crippen LogP contribution < -0.4 is 15.4 Å². The van der Waals surface area contributed by atoms with Gasteiger partial charge in [-0.05, 0) is 36.8 Å². The Balaban J connectivity index is 1.34. The minimum Gasteiger partial charge on any atom is -0.489 e. The molecule has 2 aromatic rings. The molecule has 0 atom stereocenters. The van der Waals surface area contributed by atoms with Crippen molar-refractivity contribution in [2.45, 2.75) is 32.4 Å². The molecular weight excluding hydrogens is 390 g/mol. The molecular formula is C25H35N3O3. The number of guanidine groups is 1. The second-order valence-corrected chi connectivity index (χ2v) is 7.72. The highest BCUT2D eigenvalue weighted by Crippen LogP contribution is 2.19. The Morgan fingerprint density at radius 1 is 1.03 bits per heavy atom. The lowest BCUT2D eigenvalue weighted by Gasteiger charge is -2.21. The van der Waals surface area contributed by atoms with E-state index in [9.17, 15) is 0 Å². The molecule has 0 spiro atoms. The molecule has 1 aliphatic rings. The van der Waals surface area contributed by atoms with Crippen LogP contribution in [-0.4, -0.2) is 46.0 Å². The number of benzene rings is 2. The van der Waals surface area contributed by atoms with Gasteiger partial charge >= 0.3 is 0 Å². The number of nitrogens with zero attached hydrogens (tertiary/aromatic N) is 1. The Kier molecular flexibility index (Phi) is 10.2. The van der Waals surface area contributed by atoms with E-state index in [0.717, 1.165) is 75.1 Å². The third-order valence-electron chi connectivity index (χ3n) is 5.33. The molecule has 0 saturated carbocycles. The van der Waals surface area contributed by atoms with Crippen LogP contribution in [0, 0.1) is 5.92 Å². The van der Waals surface area contributed by atoms with Gasteiger partial charge in [0.05, 0.1) is 0 Å². The van der Waals surface area contributed by atoms with Crippen molar-refractivity contribution in [1.82, 2.24) is 10.6 Å². The van der Waals surface area contributed by atoms with E-state index in [-0.39, 0.29) is 0 Å².